The summed E-state index contributed by atoms with van der Waals surface area (Å²) < 4.78 is 0.675. The van der Waals surface area contributed by atoms with Crippen LogP contribution in [-0.2, 0) is 6.54 Å². The Labute approximate surface area is 112 Å². The van der Waals surface area contributed by atoms with Crippen molar-refractivity contribution in [2.24, 2.45) is 0 Å². The molecule has 0 fully saturated rings. The molecule has 2 aromatic rings. The summed E-state index contributed by atoms with van der Waals surface area (Å²) in [7, 11) is 0. The average molecular weight is 294 g/mol. The SMILES string of the molecule is Clc1ccc(Cl)c(NCc2ncc(Cl)s2)c1. The van der Waals surface area contributed by atoms with E-state index in [4.69, 9.17) is 34.8 Å². The summed E-state index contributed by atoms with van der Waals surface area (Å²) in [6.07, 6.45) is 1.63. The monoisotopic (exact) mass is 292 g/mol. The van der Waals surface area contributed by atoms with Crippen LogP contribution in [0.4, 0.5) is 5.69 Å². The second-order valence-electron chi connectivity index (χ2n) is 3.04. The number of rotatable bonds is 3. The van der Waals surface area contributed by atoms with Crippen LogP contribution in [0.1, 0.15) is 5.01 Å². The molecule has 1 heterocycles. The van der Waals surface area contributed by atoms with Gasteiger partial charge in [0.1, 0.15) is 9.34 Å². The molecule has 0 aliphatic carbocycles. The molecule has 1 N–H and O–H groups in total. The number of nitrogens with one attached hydrogen (secondary N) is 1. The highest BCUT2D eigenvalue weighted by Gasteiger charge is 2.03. The summed E-state index contributed by atoms with van der Waals surface area (Å²) in [5, 5.41) is 5.33. The molecule has 0 bridgehead atoms. The minimum atomic E-state index is 0.581. The quantitative estimate of drug-likeness (QED) is 0.886. The van der Waals surface area contributed by atoms with E-state index in [2.05, 4.69) is 10.3 Å². The van der Waals surface area contributed by atoms with E-state index in [1.165, 1.54) is 11.3 Å². The fourth-order valence-electron chi connectivity index (χ4n) is 1.17. The van der Waals surface area contributed by atoms with Gasteiger partial charge in [0.05, 0.1) is 23.5 Å². The van der Waals surface area contributed by atoms with Gasteiger partial charge in [0.2, 0.25) is 0 Å². The molecule has 16 heavy (non-hydrogen) atoms. The summed E-state index contributed by atoms with van der Waals surface area (Å²) in [4.78, 5) is 4.13. The number of halogens is 3. The van der Waals surface area contributed by atoms with Gasteiger partial charge in [0, 0.05) is 5.02 Å². The van der Waals surface area contributed by atoms with E-state index in [1.54, 1.807) is 24.4 Å². The first-order chi connectivity index (χ1) is 7.65. The molecule has 0 saturated carbocycles. The standard InChI is InChI=1S/C10H7Cl3N2S/c11-6-1-2-7(12)8(3-6)14-5-10-15-4-9(13)16-10/h1-4,14H,5H2. The topological polar surface area (TPSA) is 24.9 Å². The number of thiazole rings is 1. The van der Waals surface area contributed by atoms with Crippen molar-refractivity contribution >= 4 is 51.8 Å². The maximum Gasteiger partial charge on any atom is 0.113 e. The van der Waals surface area contributed by atoms with Gasteiger partial charge in [0.15, 0.2) is 0 Å². The summed E-state index contributed by atoms with van der Waals surface area (Å²) in [5.41, 5.74) is 0.792. The number of hydrogen-bond acceptors (Lipinski definition) is 3. The molecule has 0 unspecified atom stereocenters. The Kier molecular flexibility index (Phi) is 3.92. The Morgan fingerprint density at radius 3 is 2.75 bits per heavy atom. The first-order valence-electron chi connectivity index (χ1n) is 4.44. The maximum absolute atomic E-state index is 6.00. The van der Waals surface area contributed by atoms with E-state index < -0.39 is 0 Å². The molecule has 0 amide bonds. The molecule has 0 atom stereocenters. The molecule has 0 saturated heterocycles. The van der Waals surface area contributed by atoms with Crippen LogP contribution in [0.25, 0.3) is 0 Å². The molecule has 2 nitrogen and oxygen atoms in total. The van der Waals surface area contributed by atoms with Crippen LogP contribution in [0.15, 0.2) is 24.4 Å². The lowest BCUT2D eigenvalue weighted by molar-refractivity contribution is 1.10. The minimum absolute atomic E-state index is 0.581. The largest absolute Gasteiger partial charge is 0.377 e. The van der Waals surface area contributed by atoms with Gasteiger partial charge in [0.25, 0.3) is 0 Å². The molecule has 0 aliphatic rings. The second-order valence-corrected chi connectivity index (χ2v) is 5.63. The maximum atomic E-state index is 6.00. The summed E-state index contributed by atoms with van der Waals surface area (Å²) >= 11 is 19.1. The van der Waals surface area contributed by atoms with Gasteiger partial charge < -0.3 is 5.32 Å². The Hall–Kier alpha value is -0.480. The van der Waals surface area contributed by atoms with Crippen molar-refractivity contribution in [3.63, 3.8) is 0 Å². The summed E-state index contributed by atoms with van der Waals surface area (Å²) in [6, 6.07) is 5.27. The van der Waals surface area contributed by atoms with E-state index in [9.17, 15) is 0 Å². The van der Waals surface area contributed by atoms with Crippen molar-refractivity contribution in [3.05, 3.63) is 43.8 Å². The van der Waals surface area contributed by atoms with Crippen LogP contribution in [0.3, 0.4) is 0 Å². The molecule has 1 aromatic heterocycles. The van der Waals surface area contributed by atoms with Crippen molar-refractivity contribution in [2.75, 3.05) is 5.32 Å². The summed E-state index contributed by atoms with van der Waals surface area (Å²) in [5.74, 6) is 0. The van der Waals surface area contributed by atoms with Crippen molar-refractivity contribution in [3.8, 4) is 0 Å². The third-order valence-corrected chi connectivity index (χ3v) is 3.56. The first kappa shape index (κ1) is 12.0. The Bertz CT molecular complexity index is 499. The van der Waals surface area contributed by atoms with Gasteiger partial charge >= 0.3 is 0 Å². The molecular weight excluding hydrogens is 287 g/mol. The lowest BCUT2D eigenvalue weighted by atomic mass is 10.3. The third-order valence-electron chi connectivity index (χ3n) is 1.88. The molecule has 0 radical (unpaired) electrons. The highest BCUT2D eigenvalue weighted by Crippen LogP contribution is 2.26. The van der Waals surface area contributed by atoms with Crippen LogP contribution in [-0.4, -0.2) is 4.98 Å². The van der Waals surface area contributed by atoms with Crippen LogP contribution >= 0.6 is 46.1 Å². The number of hydrogen-bond donors (Lipinski definition) is 1. The Morgan fingerprint density at radius 1 is 1.25 bits per heavy atom. The second kappa shape index (κ2) is 5.23. The highest BCUT2D eigenvalue weighted by atomic mass is 35.5. The van der Waals surface area contributed by atoms with Gasteiger partial charge in [-0.1, -0.05) is 34.8 Å². The average Bonchev–Trinajstić information content (AvgIpc) is 2.66. The normalized spacial score (nSPS) is 10.4. The van der Waals surface area contributed by atoms with E-state index >= 15 is 0 Å². The number of nitrogens with zero attached hydrogens (tertiary/aromatic N) is 1. The van der Waals surface area contributed by atoms with Crippen molar-refractivity contribution in [1.82, 2.24) is 4.98 Å². The predicted molar refractivity (Wildman–Crippen MR) is 70.9 cm³/mol. The van der Waals surface area contributed by atoms with Crippen molar-refractivity contribution in [2.45, 2.75) is 6.54 Å². The Balaban J connectivity index is 2.07. The van der Waals surface area contributed by atoms with Crippen LogP contribution in [0.2, 0.25) is 14.4 Å². The first-order valence-corrected chi connectivity index (χ1v) is 6.39. The van der Waals surface area contributed by atoms with Crippen LogP contribution < -0.4 is 5.32 Å². The number of anilines is 1. The van der Waals surface area contributed by atoms with Gasteiger partial charge in [-0.3, -0.25) is 0 Å². The zero-order valence-corrected chi connectivity index (χ0v) is 11.1. The number of aromatic nitrogens is 1. The van der Waals surface area contributed by atoms with Crippen LogP contribution in [0.5, 0.6) is 0 Å². The zero-order chi connectivity index (χ0) is 11.5. The van der Waals surface area contributed by atoms with Gasteiger partial charge in [-0.15, -0.1) is 11.3 Å². The molecule has 1 aromatic carbocycles. The fourth-order valence-corrected chi connectivity index (χ4v) is 2.43. The molecule has 0 spiro atoms. The van der Waals surface area contributed by atoms with E-state index in [1.807, 2.05) is 0 Å². The third kappa shape index (κ3) is 3.01. The molecule has 0 aliphatic heterocycles. The van der Waals surface area contributed by atoms with E-state index in [0.29, 0.717) is 20.9 Å². The lowest BCUT2D eigenvalue weighted by Crippen LogP contribution is -1.99. The van der Waals surface area contributed by atoms with Crippen molar-refractivity contribution in [1.29, 1.82) is 0 Å². The molecule has 6 heteroatoms. The van der Waals surface area contributed by atoms with Gasteiger partial charge in [-0.2, -0.15) is 0 Å². The highest BCUT2D eigenvalue weighted by molar-refractivity contribution is 7.15. The van der Waals surface area contributed by atoms with Gasteiger partial charge in [-0.05, 0) is 18.2 Å². The van der Waals surface area contributed by atoms with Crippen molar-refractivity contribution < 1.29 is 0 Å². The molecule has 2 rings (SSSR count). The minimum Gasteiger partial charge on any atom is -0.377 e. The predicted octanol–water partition coefficient (Wildman–Crippen LogP) is 4.72. The Morgan fingerprint density at radius 2 is 2.06 bits per heavy atom. The lowest BCUT2D eigenvalue weighted by Gasteiger charge is -2.06. The van der Waals surface area contributed by atoms with Gasteiger partial charge in [-0.25, -0.2) is 4.98 Å². The molecular formula is C10H7Cl3N2S. The summed E-state index contributed by atoms with van der Waals surface area (Å²) in [6.45, 7) is 0.581. The zero-order valence-electron chi connectivity index (χ0n) is 8.01. The fraction of sp³-hybridized carbons (Fsp3) is 0.100. The van der Waals surface area contributed by atoms with E-state index in [-0.39, 0.29) is 0 Å². The smallest absolute Gasteiger partial charge is 0.113 e. The molecule has 84 valence electrons. The van der Waals surface area contributed by atoms with E-state index in [0.717, 1.165) is 10.7 Å². The van der Waals surface area contributed by atoms with Crippen LogP contribution in [0, 0.1) is 0 Å². The number of benzene rings is 1.